The maximum absolute atomic E-state index is 2.33. The molecule has 52 valence electrons. The molecule has 0 aromatic carbocycles. The first-order valence-corrected chi connectivity index (χ1v) is 5.71. The average Bonchev–Trinajstić information content (AvgIpc) is 2.05. The third-order valence-corrected chi connectivity index (χ3v) is 3.29. The first-order chi connectivity index (χ1) is 4.97. The van der Waals surface area contributed by atoms with Gasteiger partial charge in [0.2, 0.25) is 0 Å². The van der Waals surface area contributed by atoms with Crippen LogP contribution >= 0.6 is 20.7 Å². The molecule has 2 heterocycles. The summed E-state index contributed by atoms with van der Waals surface area (Å²) >= 11 is 0.214. The molecule has 2 aliphatic rings. The third kappa shape index (κ3) is 1.08. The highest BCUT2D eigenvalue weighted by molar-refractivity contribution is 14.2. The molecule has 0 aromatic rings. The van der Waals surface area contributed by atoms with Crippen molar-refractivity contribution in [2.75, 3.05) is 6.54 Å². The number of fused-ring (bicyclic) bond motifs is 1. The molecule has 0 bridgehead atoms. The van der Waals surface area contributed by atoms with Crippen molar-refractivity contribution in [3.8, 4) is 0 Å². The number of rotatable bonds is 0. The quantitative estimate of drug-likeness (QED) is 0.590. The molecule has 2 rings (SSSR count). The minimum Gasteiger partial charge on any atom is -0.339 e. The fraction of sp³-hybridized carbons (Fsp3) is 0.125. The maximum atomic E-state index is 2.33. The van der Waals surface area contributed by atoms with Gasteiger partial charge < -0.3 is 4.90 Å². The Morgan fingerprint density at radius 3 is 3.40 bits per heavy atom. The molecule has 0 aromatic heterocycles. The van der Waals surface area contributed by atoms with Gasteiger partial charge in [-0.2, -0.15) is 0 Å². The van der Waals surface area contributed by atoms with Gasteiger partial charge in [0.15, 0.2) is 0 Å². The van der Waals surface area contributed by atoms with Crippen LogP contribution in [0.1, 0.15) is 0 Å². The van der Waals surface area contributed by atoms with Crippen LogP contribution in [0.25, 0.3) is 0 Å². The molecule has 0 aliphatic carbocycles. The van der Waals surface area contributed by atoms with Crippen LogP contribution in [-0.4, -0.2) is 15.6 Å². The van der Waals surface area contributed by atoms with E-state index in [1.165, 1.54) is 5.70 Å². The van der Waals surface area contributed by atoms with E-state index in [1.807, 2.05) is 0 Å². The number of halogens is 1. The van der Waals surface area contributed by atoms with Gasteiger partial charge in [0.1, 0.15) is 0 Å². The summed E-state index contributed by atoms with van der Waals surface area (Å²) in [4.78, 5) is 2.31. The van der Waals surface area contributed by atoms with Gasteiger partial charge in [0.25, 0.3) is 0 Å². The normalized spacial score (nSPS) is 21.6. The lowest BCUT2D eigenvalue weighted by atomic mass is 10.2. The molecule has 0 saturated heterocycles. The highest BCUT2D eigenvalue weighted by Gasteiger charge is 2.05. The molecule has 2 heteroatoms. The summed E-state index contributed by atoms with van der Waals surface area (Å²) in [6.45, 7) is 1.07. The number of hydrogen-bond acceptors (Lipinski definition) is 1. The lowest BCUT2D eigenvalue weighted by Crippen LogP contribution is -2.22. The van der Waals surface area contributed by atoms with Gasteiger partial charge in [0.05, 0.1) is 0 Å². The highest BCUT2D eigenvalue weighted by atomic mass is 127. The van der Waals surface area contributed by atoms with Crippen molar-refractivity contribution in [3.63, 3.8) is 0 Å². The van der Waals surface area contributed by atoms with E-state index in [4.69, 9.17) is 0 Å². The Bertz CT molecular complexity index is 248. The fourth-order valence-electron chi connectivity index (χ4n) is 0.991. The van der Waals surface area contributed by atoms with Crippen molar-refractivity contribution >= 4 is 24.9 Å². The maximum Gasteiger partial charge on any atom is 0.0416 e. The Morgan fingerprint density at radius 2 is 2.50 bits per heavy atom. The van der Waals surface area contributed by atoms with E-state index < -0.39 is 0 Å². The Hall–Kier alpha value is -0.380. The van der Waals surface area contributed by atoms with E-state index in [2.05, 4.69) is 37.4 Å². The SMILES string of the molecule is C1=CCN2C=IC=CC2=C1. The molecule has 0 fully saturated rings. The second-order valence-electron chi connectivity index (χ2n) is 2.19. The first-order valence-electron chi connectivity index (χ1n) is 3.22. The van der Waals surface area contributed by atoms with Crippen LogP contribution in [0.4, 0.5) is 0 Å². The Kier molecular flexibility index (Phi) is 1.71. The van der Waals surface area contributed by atoms with Crippen LogP contribution in [0.15, 0.2) is 34.1 Å². The van der Waals surface area contributed by atoms with Crippen molar-refractivity contribution in [1.29, 1.82) is 0 Å². The van der Waals surface area contributed by atoms with Crippen LogP contribution in [-0.2, 0) is 0 Å². The second-order valence-corrected chi connectivity index (χ2v) is 4.18. The lowest BCUT2D eigenvalue weighted by Gasteiger charge is -2.23. The number of hydrogen-bond donors (Lipinski definition) is 0. The van der Waals surface area contributed by atoms with Gasteiger partial charge in [-0.25, -0.2) is 0 Å². The fourth-order valence-corrected chi connectivity index (χ4v) is 2.69. The topological polar surface area (TPSA) is 3.24 Å². The van der Waals surface area contributed by atoms with Gasteiger partial charge in [-0.15, -0.1) is 0 Å². The van der Waals surface area contributed by atoms with Crippen LogP contribution in [0.2, 0.25) is 0 Å². The Labute approximate surface area is 70.5 Å². The molecular weight excluding hydrogens is 237 g/mol. The summed E-state index contributed by atoms with van der Waals surface area (Å²) in [6.07, 6.45) is 8.67. The molecule has 0 radical (unpaired) electrons. The zero-order valence-corrected chi connectivity index (χ0v) is 7.65. The summed E-state index contributed by atoms with van der Waals surface area (Å²) in [5, 5.41) is 0. The minimum atomic E-state index is 0.214. The molecule has 0 N–H and O–H groups in total. The van der Waals surface area contributed by atoms with E-state index in [0.717, 1.165) is 6.54 Å². The van der Waals surface area contributed by atoms with Gasteiger partial charge >= 0.3 is 0 Å². The van der Waals surface area contributed by atoms with Gasteiger partial charge in [-0.3, -0.25) is 0 Å². The molecular formula is C8H8IN. The van der Waals surface area contributed by atoms with Crippen molar-refractivity contribution in [3.05, 3.63) is 34.1 Å². The predicted molar refractivity (Wildman–Crippen MR) is 53.2 cm³/mol. The van der Waals surface area contributed by atoms with Crippen molar-refractivity contribution in [1.82, 2.24) is 4.90 Å². The van der Waals surface area contributed by atoms with Gasteiger partial charge in [-0.05, 0) is 16.2 Å². The minimum absolute atomic E-state index is 0.214. The zero-order chi connectivity index (χ0) is 6.81. The third-order valence-electron chi connectivity index (χ3n) is 1.52. The molecule has 0 spiro atoms. The first kappa shape index (κ1) is 6.34. The number of allylic oxidation sites excluding steroid dienone is 3. The summed E-state index contributed by atoms with van der Waals surface area (Å²) < 4.78 is 4.62. The van der Waals surface area contributed by atoms with Crippen molar-refractivity contribution < 1.29 is 0 Å². The van der Waals surface area contributed by atoms with Crippen LogP contribution in [0.3, 0.4) is 0 Å². The average molecular weight is 245 g/mol. The highest BCUT2D eigenvalue weighted by Crippen LogP contribution is 2.17. The summed E-state index contributed by atoms with van der Waals surface area (Å²) in [7, 11) is 0. The van der Waals surface area contributed by atoms with E-state index in [0.29, 0.717) is 0 Å². The summed E-state index contributed by atoms with van der Waals surface area (Å²) in [6, 6.07) is 0. The zero-order valence-electron chi connectivity index (χ0n) is 5.50. The molecule has 0 unspecified atom stereocenters. The predicted octanol–water partition coefficient (Wildman–Crippen LogP) is 2.00. The smallest absolute Gasteiger partial charge is 0.0416 e. The van der Waals surface area contributed by atoms with E-state index >= 15 is 0 Å². The molecule has 0 atom stereocenters. The summed E-state index contributed by atoms with van der Waals surface area (Å²) in [5.41, 5.74) is 1.34. The van der Waals surface area contributed by atoms with E-state index in [-0.39, 0.29) is 20.7 Å². The Morgan fingerprint density at radius 1 is 1.50 bits per heavy atom. The molecule has 1 nitrogen and oxygen atoms in total. The second kappa shape index (κ2) is 2.70. The Balaban J connectivity index is 2.34. The summed E-state index contributed by atoms with van der Waals surface area (Å²) in [5.74, 6) is 0. The molecule has 2 aliphatic heterocycles. The standard InChI is InChI=1S/C8H8IN/c1-2-6-10-7-9-5-4-8(10)3-1/h1-5,7H,6H2. The van der Waals surface area contributed by atoms with Gasteiger partial charge in [-0.1, -0.05) is 32.9 Å². The van der Waals surface area contributed by atoms with Crippen molar-refractivity contribution in [2.45, 2.75) is 0 Å². The largest absolute Gasteiger partial charge is 0.339 e. The van der Waals surface area contributed by atoms with E-state index in [1.54, 1.807) is 0 Å². The van der Waals surface area contributed by atoms with Crippen molar-refractivity contribution in [2.24, 2.45) is 0 Å². The lowest BCUT2D eigenvalue weighted by molar-refractivity contribution is 0.608. The van der Waals surface area contributed by atoms with Crippen LogP contribution in [0, 0.1) is 0 Å². The number of nitrogens with zero attached hydrogens (tertiary/aromatic N) is 1. The molecule has 0 amide bonds. The molecule has 10 heavy (non-hydrogen) atoms. The van der Waals surface area contributed by atoms with E-state index in [9.17, 15) is 0 Å². The van der Waals surface area contributed by atoms with Crippen LogP contribution < -0.4 is 0 Å². The van der Waals surface area contributed by atoms with Gasteiger partial charge in [0, 0.05) is 16.4 Å². The van der Waals surface area contributed by atoms with Crippen LogP contribution in [0.5, 0.6) is 0 Å². The monoisotopic (exact) mass is 245 g/mol. The molecule has 0 saturated carbocycles.